The lowest BCUT2D eigenvalue weighted by Gasteiger charge is -2.23. The summed E-state index contributed by atoms with van der Waals surface area (Å²) in [6.45, 7) is 7.54. The van der Waals surface area contributed by atoms with Crippen molar-refractivity contribution in [2.45, 2.75) is 45.4 Å². The highest BCUT2D eigenvalue weighted by Crippen LogP contribution is 2.31. The molecule has 1 N–H and O–H groups in total. The summed E-state index contributed by atoms with van der Waals surface area (Å²) in [5.74, 6) is 2.26. The van der Waals surface area contributed by atoms with Gasteiger partial charge in [0.05, 0.1) is 6.61 Å². The lowest BCUT2D eigenvalue weighted by molar-refractivity contribution is 0.251. The maximum atomic E-state index is 6.11. The molecule has 1 fully saturated rings. The van der Waals surface area contributed by atoms with E-state index < -0.39 is 0 Å². The van der Waals surface area contributed by atoms with Crippen molar-refractivity contribution < 1.29 is 4.74 Å². The predicted molar refractivity (Wildman–Crippen MR) is 85.9 cm³/mol. The number of rotatable bonds is 6. The van der Waals surface area contributed by atoms with Crippen molar-refractivity contribution >= 4 is 11.6 Å². The van der Waals surface area contributed by atoms with Gasteiger partial charge in [0.2, 0.25) is 0 Å². The van der Waals surface area contributed by atoms with Crippen molar-refractivity contribution in [3.63, 3.8) is 0 Å². The number of hydrogen-bond acceptors (Lipinski definition) is 2. The van der Waals surface area contributed by atoms with Gasteiger partial charge in [-0.05, 0) is 74.4 Å². The van der Waals surface area contributed by atoms with Gasteiger partial charge < -0.3 is 10.1 Å². The third-order valence-electron chi connectivity index (χ3n) is 4.30. The van der Waals surface area contributed by atoms with Crippen LogP contribution in [0, 0.1) is 5.92 Å². The van der Waals surface area contributed by atoms with E-state index in [0.29, 0.717) is 5.92 Å². The molecule has 3 heteroatoms. The topological polar surface area (TPSA) is 21.3 Å². The van der Waals surface area contributed by atoms with Crippen LogP contribution in [0.25, 0.3) is 0 Å². The molecule has 0 aliphatic carbocycles. The zero-order valence-corrected chi connectivity index (χ0v) is 13.4. The van der Waals surface area contributed by atoms with Crippen LogP contribution in [0.5, 0.6) is 5.75 Å². The van der Waals surface area contributed by atoms with E-state index in [9.17, 15) is 0 Å². The number of nitrogens with one attached hydrogen (secondary N) is 1. The van der Waals surface area contributed by atoms with Crippen molar-refractivity contribution in [2.75, 3.05) is 19.7 Å². The smallest absolute Gasteiger partial charge is 0.122 e. The SMILES string of the molecule is CC[C@H](C)c1cc(Cl)ccc1OCC[C@@H]1CCCNC1. The Morgan fingerprint density at radius 3 is 3.00 bits per heavy atom. The summed E-state index contributed by atoms with van der Waals surface area (Å²) in [6, 6.07) is 5.99. The molecule has 1 aliphatic rings. The van der Waals surface area contributed by atoms with Crippen LogP contribution in [0.4, 0.5) is 0 Å². The van der Waals surface area contributed by atoms with Crippen molar-refractivity contribution in [1.29, 1.82) is 0 Å². The van der Waals surface area contributed by atoms with Gasteiger partial charge in [0.1, 0.15) is 5.75 Å². The summed E-state index contributed by atoms with van der Waals surface area (Å²) in [5.41, 5.74) is 1.24. The van der Waals surface area contributed by atoms with Gasteiger partial charge in [-0.2, -0.15) is 0 Å². The van der Waals surface area contributed by atoms with Crippen molar-refractivity contribution in [3.05, 3.63) is 28.8 Å². The highest BCUT2D eigenvalue weighted by Gasteiger charge is 2.14. The molecule has 112 valence electrons. The highest BCUT2D eigenvalue weighted by atomic mass is 35.5. The normalized spacial score (nSPS) is 20.6. The fourth-order valence-electron chi connectivity index (χ4n) is 2.76. The third kappa shape index (κ3) is 4.39. The number of hydrogen-bond donors (Lipinski definition) is 1. The predicted octanol–water partition coefficient (Wildman–Crippen LogP) is 4.62. The first-order chi connectivity index (χ1) is 9.70. The Morgan fingerprint density at radius 1 is 1.45 bits per heavy atom. The van der Waals surface area contributed by atoms with Crippen molar-refractivity contribution in [3.8, 4) is 5.75 Å². The second-order valence-electron chi connectivity index (χ2n) is 5.84. The second kappa shape index (κ2) is 7.90. The zero-order valence-electron chi connectivity index (χ0n) is 12.6. The second-order valence-corrected chi connectivity index (χ2v) is 6.28. The van der Waals surface area contributed by atoms with E-state index >= 15 is 0 Å². The summed E-state index contributed by atoms with van der Waals surface area (Å²) < 4.78 is 6.03. The molecule has 0 bridgehead atoms. The van der Waals surface area contributed by atoms with Gasteiger partial charge in [0, 0.05) is 5.02 Å². The maximum absolute atomic E-state index is 6.11. The Balaban J connectivity index is 1.91. The minimum Gasteiger partial charge on any atom is -0.493 e. The van der Waals surface area contributed by atoms with E-state index in [1.165, 1.54) is 24.9 Å². The monoisotopic (exact) mass is 295 g/mol. The van der Waals surface area contributed by atoms with Gasteiger partial charge >= 0.3 is 0 Å². The lowest BCUT2D eigenvalue weighted by atomic mass is 9.96. The molecule has 0 spiro atoms. The third-order valence-corrected chi connectivity index (χ3v) is 4.53. The number of halogens is 1. The molecule has 20 heavy (non-hydrogen) atoms. The maximum Gasteiger partial charge on any atom is 0.122 e. The molecule has 0 amide bonds. The molecule has 1 aromatic carbocycles. The van der Waals surface area contributed by atoms with Crippen LogP contribution in [-0.4, -0.2) is 19.7 Å². The molecule has 0 aromatic heterocycles. The van der Waals surface area contributed by atoms with Crippen LogP contribution in [0.1, 0.15) is 51.0 Å². The molecular formula is C17H26ClNO. The number of benzene rings is 1. The molecule has 2 atom stereocenters. The molecule has 2 rings (SSSR count). The van der Waals surface area contributed by atoms with E-state index in [-0.39, 0.29) is 0 Å². The molecule has 2 nitrogen and oxygen atoms in total. The Bertz CT molecular complexity index is 415. The van der Waals surface area contributed by atoms with E-state index in [0.717, 1.165) is 42.7 Å². The molecular weight excluding hydrogens is 270 g/mol. The average Bonchev–Trinajstić information content (AvgIpc) is 2.49. The molecule has 0 radical (unpaired) electrons. The van der Waals surface area contributed by atoms with Crippen LogP contribution >= 0.6 is 11.6 Å². The van der Waals surface area contributed by atoms with E-state index in [1.807, 2.05) is 18.2 Å². The number of piperidine rings is 1. The van der Waals surface area contributed by atoms with Crippen LogP contribution < -0.4 is 10.1 Å². The fraction of sp³-hybridized carbons (Fsp3) is 0.647. The molecule has 1 aliphatic heterocycles. The van der Waals surface area contributed by atoms with E-state index in [1.54, 1.807) is 0 Å². The summed E-state index contributed by atoms with van der Waals surface area (Å²) in [5, 5.41) is 4.25. The lowest BCUT2D eigenvalue weighted by Crippen LogP contribution is -2.30. The largest absolute Gasteiger partial charge is 0.493 e. The Kier molecular flexibility index (Phi) is 6.18. The summed E-state index contributed by atoms with van der Waals surface area (Å²) >= 11 is 6.11. The molecule has 0 unspecified atom stereocenters. The zero-order chi connectivity index (χ0) is 14.4. The quantitative estimate of drug-likeness (QED) is 0.826. The molecule has 1 heterocycles. The summed E-state index contributed by atoms with van der Waals surface area (Å²) in [7, 11) is 0. The molecule has 1 saturated heterocycles. The van der Waals surface area contributed by atoms with Crippen LogP contribution in [-0.2, 0) is 0 Å². The van der Waals surface area contributed by atoms with Crippen LogP contribution in [0.15, 0.2) is 18.2 Å². The van der Waals surface area contributed by atoms with Crippen molar-refractivity contribution in [1.82, 2.24) is 5.32 Å². The fourth-order valence-corrected chi connectivity index (χ4v) is 2.94. The Labute approximate surface area is 127 Å². The molecule has 0 saturated carbocycles. The minimum atomic E-state index is 0.486. The van der Waals surface area contributed by atoms with Crippen molar-refractivity contribution in [2.24, 2.45) is 5.92 Å². The Hall–Kier alpha value is -0.730. The number of ether oxygens (including phenoxy) is 1. The van der Waals surface area contributed by atoms with Gasteiger partial charge in [-0.15, -0.1) is 0 Å². The first kappa shape index (κ1) is 15.7. The van der Waals surface area contributed by atoms with E-state index in [2.05, 4.69) is 19.2 Å². The van der Waals surface area contributed by atoms with Gasteiger partial charge in [0.25, 0.3) is 0 Å². The first-order valence-electron chi connectivity index (χ1n) is 7.83. The summed E-state index contributed by atoms with van der Waals surface area (Å²) in [4.78, 5) is 0. The van der Waals surface area contributed by atoms with Gasteiger partial charge in [0.15, 0.2) is 0 Å². The van der Waals surface area contributed by atoms with Crippen LogP contribution in [0.2, 0.25) is 5.02 Å². The van der Waals surface area contributed by atoms with Gasteiger partial charge in [-0.3, -0.25) is 0 Å². The van der Waals surface area contributed by atoms with Gasteiger partial charge in [-0.1, -0.05) is 25.4 Å². The van der Waals surface area contributed by atoms with Gasteiger partial charge in [-0.25, -0.2) is 0 Å². The average molecular weight is 296 g/mol. The summed E-state index contributed by atoms with van der Waals surface area (Å²) in [6.07, 6.45) is 4.86. The Morgan fingerprint density at radius 2 is 2.30 bits per heavy atom. The molecule has 1 aromatic rings. The highest BCUT2D eigenvalue weighted by molar-refractivity contribution is 6.30. The van der Waals surface area contributed by atoms with E-state index in [4.69, 9.17) is 16.3 Å². The standard InChI is InChI=1S/C17H26ClNO/c1-3-13(2)16-11-15(18)6-7-17(16)20-10-8-14-5-4-9-19-12-14/h6-7,11,13-14,19H,3-5,8-10,12H2,1-2H3/t13-,14-/m0/s1. The van der Waals surface area contributed by atoms with Crippen LogP contribution in [0.3, 0.4) is 0 Å². The first-order valence-corrected chi connectivity index (χ1v) is 8.21. The minimum absolute atomic E-state index is 0.486.